The predicted octanol–water partition coefficient (Wildman–Crippen LogP) is 4.37. The molecule has 3 saturated carbocycles. The van der Waals surface area contributed by atoms with Crippen LogP contribution in [0.2, 0.25) is 0 Å². The van der Waals surface area contributed by atoms with Gasteiger partial charge in [0.25, 0.3) is 11.8 Å². The molecule has 0 spiro atoms. The third-order valence-electron chi connectivity index (χ3n) is 13.6. The molecule has 8 N–H and O–H groups in total. The molecule has 3 amide bonds. The SMILES string of the molecule is CC.CC(C)(O)C#Cc1cc2c(cc1F)C1CC(C1)n1c-2nc(C(N)=O)c1C1(O)CN(C(=O)C2CC2)C1.CC(C)(O)C#Cc1cc2c(cc1F)C1CC(C1)n1c-2nc(C(N)=O)c1C1(O)COC1. The van der Waals surface area contributed by atoms with Crippen LogP contribution >= 0.6 is 0 Å². The van der Waals surface area contributed by atoms with Gasteiger partial charge in [-0.15, -0.1) is 0 Å². The number of carbonyl (C=O) groups is 3. The summed E-state index contributed by atoms with van der Waals surface area (Å²) in [5.74, 6) is 9.54. The molecule has 4 bridgehead atoms. The number of hydrogen-bond donors (Lipinski definition) is 6. The van der Waals surface area contributed by atoms with Gasteiger partial charge in [0.2, 0.25) is 5.91 Å². The van der Waals surface area contributed by atoms with E-state index < -0.39 is 45.9 Å². The van der Waals surface area contributed by atoms with E-state index in [2.05, 4.69) is 33.6 Å². The molecule has 13 rings (SSSR count). The highest BCUT2D eigenvalue weighted by molar-refractivity contribution is 5.94. The molecule has 67 heavy (non-hydrogen) atoms. The van der Waals surface area contributed by atoms with Gasteiger partial charge >= 0.3 is 0 Å². The van der Waals surface area contributed by atoms with E-state index in [0.717, 1.165) is 49.7 Å². The maximum absolute atomic E-state index is 14.9. The molecule has 6 aliphatic heterocycles. The van der Waals surface area contributed by atoms with Crippen LogP contribution in [0.3, 0.4) is 0 Å². The number of imidazole rings is 2. The fourth-order valence-electron chi connectivity index (χ4n) is 10.1. The standard InChI is InChI=1S/C26H27FN4O4.C22H22FN3O4.C2H6/c1-25(2,34)6-5-14-9-18-17(10-19(14)27)15-7-16(8-15)31-21(20(22(28)32)29-23(18)31)26(35)11-30(12-26)24(33)13-3-4-13;1-21(2,28)4-3-11-7-15-14(8-16(11)23)12-5-13(6-12)26-18(22(29)9-30-10-22)17(19(24)27)25-20(15)26;1-2/h9-10,13,15-16,34-35H,3-4,7-8,11-12H2,1-2H3,(H2,28,32);7-8,12-13,28-29H,5-6,9-10H2,1-2H3,(H2,24,27);1-2H3. The number of halogens is 2. The van der Waals surface area contributed by atoms with E-state index in [-0.39, 0.29) is 84.6 Å². The number of rotatable bonds is 5. The molecule has 0 atom stereocenters. The minimum absolute atomic E-state index is 0.0144. The monoisotopic (exact) mass is 919 g/mol. The summed E-state index contributed by atoms with van der Waals surface area (Å²) in [5.41, 5.74) is 9.84. The summed E-state index contributed by atoms with van der Waals surface area (Å²) in [6.07, 6.45) is 4.70. The van der Waals surface area contributed by atoms with Crippen LogP contribution in [0.1, 0.15) is 159 Å². The van der Waals surface area contributed by atoms with Crippen molar-refractivity contribution in [1.82, 2.24) is 24.0 Å². The van der Waals surface area contributed by atoms with Gasteiger partial charge < -0.3 is 50.7 Å². The minimum atomic E-state index is -1.43. The highest BCUT2D eigenvalue weighted by Crippen LogP contribution is 2.56. The number of amides is 3. The second-order valence-corrected chi connectivity index (χ2v) is 19.9. The second-order valence-electron chi connectivity index (χ2n) is 19.9. The van der Waals surface area contributed by atoms with Gasteiger partial charge in [-0.05, 0) is 113 Å². The summed E-state index contributed by atoms with van der Waals surface area (Å²) < 4.78 is 38.7. The quantitative estimate of drug-likeness (QED) is 0.155. The zero-order chi connectivity index (χ0) is 48.3. The Morgan fingerprint density at radius 1 is 0.716 bits per heavy atom. The van der Waals surface area contributed by atoms with Crippen molar-refractivity contribution in [3.8, 4) is 46.5 Å². The average Bonchev–Trinajstić information content (AvgIpc) is 3.95. The van der Waals surface area contributed by atoms with Crippen LogP contribution in [-0.2, 0) is 20.7 Å². The van der Waals surface area contributed by atoms with Crippen LogP contribution < -0.4 is 11.5 Å². The van der Waals surface area contributed by atoms with E-state index in [0.29, 0.717) is 34.2 Å². The minimum Gasteiger partial charge on any atom is -0.380 e. The first kappa shape index (κ1) is 46.2. The first-order valence-corrected chi connectivity index (χ1v) is 22.9. The molecule has 8 heterocycles. The number of aromatic nitrogens is 4. The number of aliphatic hydroxyl groups is 4. The fourth-order valence-corrected chi connectivity index (χ4v) is 10.1. The maximum Gasteiger partial charge on any atom is 0.269 e. The van der Waals surface area contributed by atoms with E-state index in [1.807, 2.05) is 23.0 Å². The van der Waals surface area contributed by atoms with E-state index in [1.54, 1.807) is 17.0 Å². The third kappa shape index (κ3) is 8.00. The molecule has 0 unspecified atom stereocenters. The number of hydrogen-bond acceptors (Lipinski definition) is 10. The van der Waals surface area contributed by atoms with Gasteiger partial charge in [0.15, 0.2) is 17.0 Å². The molecule has 0 radical (unpaired) electrons. The van der Waals surface area contributed by atoms with Gasteiger partial charge in [-0.3, -0.25) is 14.4 Å². The van der Waals surface area contributed by atoms with Crippen molar-refractivity contribution in [2.24, 2.45) is 17.4 Å². The summed E-state index contributed by atoms with van der Waals surface area (Å²) in [7, 11) is 0. The Morgan fingerprint density at radius 2 is 1.12 bits per heavy atom. The van der Waals surface area contributed by atoms with E-state index in [4.69, 9.17) is 16.2 Å². The first-order valence-electron chi connectivity index (χ1n) is 22.9. The van der Waals surface area contributed by atoms with Crippen molar-refractivity contribution >= 4 is 17.7 Å². The summed E-state index contributed by atoms with van der Waals surface area (Å²) >= 11 is 0. The molecule has 9 aliphatic rings. The Bertz CT molecular complexity index is 2880. The smallest absolute Gasteiger partial charge is 0.269 e. The Morgan fingerprint density at radius 3 is 1.46 bits per heavy atom. The topological polar surface area (TPSA) is 232 Å². The Labute approximate surface area is 386 Å². The molecule has 5 fully saturated rings. The van der Waals surface area contributed by atoms with Gasteiger partial charge in [0.05, 0.1) is 48.8 Å². The number of nitrogens with zero attached hydrogens (tertiary/aromatic N) is 5. The van der Waals surface area contributed by atoms with Crippen molar-refractivity contribution in [3.63, 3.8) is 0 Å². The molecular weight excluding hydrogens is 865 g/mol. The van der Waals surface area contributed by atoms with E-state index in [1.165, 1.54) is 39.8 Å². The van der Waals surface area contributed by atoms with Crippen molar-refractivity contribution in [2.45, 2.75) is 126 Å². The molecule has 2 aromatic heterocycles. The number of carbonyl (C=O) groups excluding carboxylic acids is 3. The second kappa shape index (κ2) is 16.1. The van der Waals surface area contributed by atoms with Gasteiger partial charge in [-0.1, -0.05) is 37.5 Å². The normalized spacial score (nSPS) is 22.8. The van der Waals surface area contributed by atoms with Crippen molar-refractivity contribution in [1.29, 1.82) is 0 Å². The lowest BCUT2D eigenvalue weighted by molar-refractivity contribution is -0.189. The lowest BCUT2D eigenvalue weighted by atomic mass is 9.75. The number of ether oxygens (including phenoxy) is 1. The lowest BCUT2D eigenvalue weighted by Crippen LogP contribution is -2.63. The van der Waals surface area contributed by atoms with E-state index >= 15 is 0 Å². The molecule has 4 aromatic rings. The first-order chi connectivity index (χ1) is 31.5. The number of β-amino-alcohol motifs (C(OH)–C–C–N with tert-alkyl or cyclic N) is 1. The van der Waals surface area contributed by atoms with Crippen LogP contribution in [0, 0.1) is 41.2 Å². The molecule has 17 heteroatoms. The van der Waals surface area contributed by atoms with Gasteiger partial charge in [0.1, 0.15) is 40.1 Å². The zero-order valence-corrected chi connectivity index (χ0v) is 38.3. The lowest BCUT2D eigenvalue weighted by Gasteiger charge is -2.48. The number of likely N-dealkylation sites (tertiary alicyclic amines) is 1. The molecular formula is C50H55F2N7O8. The number of nitrogens with two attached hydrogens (primary N) is 2. The Kier molecular flexibility index (Phi) is 11.1. The summed E-state index contributed by atoms with van der Waals surface area (Å²) in [4.78, 5) is 47.8. The van der Waals surface area contributed by atoms with Crippen molar-refractivity contribution in [3.05, 3.63) is 80.9 Å². The molecule has 2 saturated heterocycles. The van der Waals surface area contributed by atoms with Gasteiger partial charge in [0, 0.05) is 29.1 Å². The maximum atomic E-state index is 14.9. The van der Waals surface area contributed by atoms with Crippen molar-refractivity contribution < 1.29 is 48.3 Å². The summed E-state index contributed by atoms with van der Waals surface area (Å²) in [6.45, 7) is 10.4. The molecule has 3 aliphatic carbocycles. The highest BCUT2D eigenvalue weighted by atomic mass is 19.1. The molecule has 352 valence electrons. The van der Waals surface area contributed by atoms with Crippen LogP contribution in [0.4, 0.5) is 8.78 Å². The Balaban J connectivity index is 0.000000164. The van der Waals surface area contributed by atoms with Crippen LogP contribution in [0.15, 0.2) is 24.3 Å². The largest absolute Gasteiger partial charge is 0.380 e. The van der Waals surface area contributed by atoms with Gasteiger partial charge in [-0.2, -0.15) is 0 Å². The van der Waals surface area contributed by atoms with E-state index in [9.17, 15) is 43.6 Å². The zero-order valence-electron chi connectivity index (χ0n) is 38.3. The number of primary amides is 2. The summed E-state index contributed by atoms with van der Waals surface area (Å²) in [5, 5.41) is 42.4. The average molecular weight is 920 g/mol. The summed E-state index contributed by atoms with van der Waals surface area (Å²) in [6, 6.07) is 6.16. The van der Waals surface area contributed by atoms with Crippen LogP contribution in [0.5, 0.6) is 0 Å². The molecule has 15 nitrogen and oxygen atoms in total. The van der Waals surface area contributed by atoms with Crippen LogP contribution in [-0.4, -0.2) is 99.7 Å². The number of benzene rings is 2. The van der Waals surface area contributed by atoms with Gasteiger partial charge in [-0.25, -0.2) is 18.7 Å². The molecule has 2 aromatic carbocycles. The fraction of sp³-hybridized carbons (Fsp3) is 0.500. The highest BCUT2D eigenvalue weighted by Gasteiger charge is 2.54. The van der Waals surface area contributed by atoms with Crippen molar-refractivity contribution in [2.75, 3.05) is 26.3 Å². The third-order valence-corrected chi connectivity index (χ3v) is 13.6. The Hall–Kier alpha value is -5.95. The van der Waals surface area contributed by atoms with Crippen LogP contribution in [0.25, 0.3) is 22.8 Å². The predicted molar refractivity (Wildman–Crippen MR) is 240 cm³/mol.